The molecule has 3 aromatic rings. The van der Waals surface area contributed by atoms with Gasteiger partial charge in [-0.1, -0.05) is 23.4 Å². The molecule has 0 atom stereocenters. The highest BCUT2D eigenvalue weighted by molar-refractivity contribution is 7.86. The van der Waals surface area contributed by atoms with Crippen LogP contribution < -0.4 is 8.92 Å². The van der Waals surface area contributed by atoms with Crippen LogP contribution in [-0.2, 0) is 15.9 Å². The van der Waals surface area contributed by atoms with Gasteiger partial charge in [-0.15, -0.1) is 0 Å². The lowest BCUT2D eigenvalue weighted by molar-refractivity contribution is 0.412. The predicted octanol–water partition coefficient (Wildman–Crippen LogP) is 3.38. The Morgan fingerprint density at radius 3 is 2.17 bits per heavy atom. The molecule has 2 aromatic carbocycles. The zero-order valence-corrected chi connectivity index (χ0v) is 12.8. The van der Waals surface area contributed by atoms with Crippen LogP contribution in [0.4, 0.5) is 0 Å². The molecular weight excluding hydrogens is 318 g/mol. The lowest BCUT2D eigenvalue weighted by Crippen LogP contribution is -2.12. The molecule has 0 saturated carbocycles. The van der Waals surface area contributed by atoms with Gasteiger partial charge >= 0.3 is 10.1 Å². The highest BCUT2D eigenvalue weighted by Gasteiger charge is 2.16. The third-order valence-electron chi connectivity index (χ3n) is 2.84. The Labute approximate surface area is 133 Å². The van der Waals surface area contributed by atoms with Crippen molar-refractivity contribution < 1.29 is 21.9 Å². The van der Waals surface area contributed by atoms with E-state index in [1.54, 1.807) is 12.1 Å². The van der Waals surface area contributed by atoms with Crippen molar-refractivity contribution in [1.82, 2.24) is 5.16 Å². The zero-order chi connectivity index (χ0) is 16.1. The van der Waals surface area contributed by atoms with Gasteiger partial charge in [-0.05, 0) is 36.4 Å². The Kier molecular flexibility index (Phi) is 4.29. The Balaban J connectivity index is 1.65. The lowest BCUT2D eigenvalue weighted by Gasteiger charge is -2.08. The maximum Gasteiger partial charge on any atom is 0.315 e. The van der Waals surface area contributed by atoms with Crippen LogP contribution >= 0.6 is 0 Å². The molecule has 118 valence electrons. The highest BCUT2D eigenvalue weighted by atomic mass is 32.2. The molecule has 0 aliphatic heterocycles. The number of aromatic nitrogens is 1. The third-order valence-corrected chi connectivity index (χ3v) is 3.94. The Morgan fingerprint density at radius 2 is 1.52 bits per heavy atom. The molecule has 0 fully saturated rings. The van der Waals surface area contributed by atoms with Crippen molar-refractivity contribution in [2.75, 3.05) is 0 Å². The van der Waals surface area contributed by atoms with Gasteiger partial charge in [-0.25, -0.2) is 0 Å². The normalized spacial score (nSPS) is 11.1. The Morgan fingerprint density at radius 1 is 0.870 bits per heavy atom. The van der Waals surface area contributed by atoms with Crippen LogP contribution in [0.25, 0.3) is 0 Å². The molecule has 7 heteroatoms. The molecule has 0 amide bonds. The number of rotatable bonds is 6. The van der Waals surface area contributed by atoms with Crippen molar-refractivity contribution in [2.45, 2.75) is 5.75 Å². The number of para-hydroxylation sites is 1. The quantitative estimate of drug-likeness (QED) is 0.644. The number of ether oxygens (including phenoxy) is 1. The fraction of sp³-hybridized carbons (Fsp3) is 0.0625. The second-order valence-electron chi connectivity index (χ2n) is 4.66. The van der Waals surface area contributed by atoms with Crippen LogP contribution in [0.1, 0.15) is 5.69 Å². The van der Waals surface area contributed by atoms with Crippen molar-refractivity contribution in [2.24, 2.45) is 0 Å². The van der Waals surface area contributed by atoms with E-state index in [1.165, 1.54) is 24.5 Å². The molecule has 0 bridgehead atoms. The summed E-state index contributed by atoms with van der Waals surface area (Å²) in [4.78, 5) is 0. The third kappa shape index (κ3) is 4.33. The molecule has 0 N–H and O–H groups in total. The van der Waals surface area contributed by atoms with Crippen LogP contribution in [0.3, 0.4) is 0 Å². The zero-order valence-electron chi connectivity index (χ0n) is 12.0. The highest BCUT2D eigenvalue weighted by Crippen LogP contribution is 2.24. The summed E-state index contributed by atoms with van der Waals surface area (Å²) in [6.45, 7) is 0. The molecule has 0 aliphatic carbocycles. The van der Waals surface area contributed by atoms with Crippen molar-refractivity contribution >= 4 is 10.1 Å². The van der Waals surface area contributed by atoms with Crippen LogP contribution in [0.5, 0.6) is 17.2 Å². The molecule has 6 nitrogen and oxygen atoms in total. The van der Waals surface area contributed by atoms with Gasteiger partial charge in [-0.3, -0.25) is 0 Å². The van der Waals surface area contributed by atoms with E-state index < -0.39 is 10.1 Å². The van der Waals surface area contributed by atoms with Crippen LogP contribution in [0.2, 0.25) is 0 Å². The van der Waals surface area contributed by atoms with Crippen LogP contribution in [0.15, 0.2) is 71.4 Å². The first-order valence-corrected chi connectivity index (χ1v) is 8.33. The Bertz CT molecular complexity index is 843. The van der Waals surface area contributed by atoms with Crippen molar-refractivity contribution in [3.63, 3.8) is 0 Å². The molecule has 1 aromatic heterocycles. The van der Waals surface area contributed by atoms with E-state index in [2.05, 4.69) is 9.68 Å². The number of benzene rings is 2. The summed E-state index contributed by atoms with van der Waals surface area (Å²) in [5, 5.41) is 3.55. The molecule has 1 heterocycles. The summed E-state index contributed by atoms with van der Waals surface area (Å²) in [7, 11) is -3.79. The lowest BCUT2D eigenvalue weighted by atomic mass is 10.3. The summed E-state index contributed by atoms with van der Waals surface area (Å²) < 4.78 is 39.0. The number of hydrogen-bond acceptors (Lipinski definition) is 6. The number of hydrogen-bond donors (Lipinski definition) is 0. The van der Waals surface area contributed by atoms with E-state index in [1.807, 2.05) is 30.3 Å². The van der Waals surface area contributed by atoms with Crippen molar-refractivity contribution in [3.05, 3.63) is 72.6 Å². The molecule has 0 unspecified atom stereocenters. The molecule has 3 rings (SSSR count). The van der Waals surface area contributed by atoms with Gasteiger partial charge in [0.05, 0.1) is 0 Å². The van der Waals surface area contributed by atoms with E-state index in [4.69, 9.17) is 8.92 Å². The second kappa shape index (κ2) is 6.53. The monoisotopic (exact) mass is 331 g/mol. The molecule has 0 aliphatic rings. The van der Waals surface area contributed by atoms with Gasteiger partial charge in [-0.2, -0.15) is 8.42 Å². The maximum atomic E-state index is 11.9. The fourth-order valence-corrected chi connectivity index (χ4v) is 2.83. The summed E-state index contributed by atoms with van der Waals surface area (Å²) in [6.07, 6.45) is 1.31. The number of nitrogens with zero attached hydrogens (tertiary/aromatic N) is 1. The SMILES string of the molecule is O=S(=O)(Cc1ccon1)Oc1ccc(Oc2ccccc2)cc1. The summed E-state index contributed by atoms with van der Waals surface area (Å²) in [5.41, 5.74) is 0.286. The standard InChI is InChI=1S/C16H13NO5S/c18-23(19,12-13-10-11-20-17-13)22-16-8-6-15(7-9-16)21-14-4-2-1-3-5-14/h1-11H,12H2. The molecule has 0 saturated heterocycles. The topological polar surface area (TPSA) is 78.6 Å². The first-order valence-electron chi connectivity index (χ1n) is 6.75. The average molecular weight is 331 g/mol. The largest absolute Gasteiger partial charge is 0.457 e. The van der Waals surface area contributed by atoms with Gasteiger partial charge in [0.25, 0.3) is 0 Å². The van der Waals surface area contributed by atoms with E-state index in [-0.39, 0.29) is 17.2 Å². The molecule has 0 radical (unpaired) electrons. The average Bonchev–Trinajstić information content (AvgIpc) is 3.02. The smallest absolute Gasteiger partial charge is 0.315 e. The van der Waals surface area contributed by atoms with Crippen molar-refractivity contribution in [1.29, 1.82) is 0 Å². The maximum absolute atomic E-state index is 11.9. The minimum absolute atomic E-state index is 0.203. The summed E-state index contributed by atoms with van der Waals surface area (Å²) >= 11 is 0. The minimum Gasteiger partial charge on any atom is -0.457 e. The van der Waals surface area contributed by atoms with E-state index in [0.29, 0.717) is 11.5 Å². The first kappa shape index (κ1) is 15.1. The van der Waals surface area contributed by atoms with Gasteiger partial charge in [0.15, 0.2) is 0 Å². The van der Waals surface area contributed by atoms with E-state index >= 15 is 0 Å². The van der Waals surface area contributed by atoms with Crippen molar-refractivity contribution in [3.8, 4) is 17.2 Å². The molecular formula is C16H13NO5S. The minimum atomic E-state index is -3.79. The van der Waals surface area contributed by atoms with Crippen LogP contribution in [0, 0.1) is 0 Å². The van der Waals surface area contributed by atoms with Gasteiger partial charge in [0.1, 0.15) is 35.0 Å². The van der Waals surface area contributed by atoms with Gasteiger partial charge in [0, 0.05) is 6.07 Å². The van der Waals surface area contributed by atoms with Gasteiger partial charge in [0.2, 0.25) is 0 Å². The molecule has 23 heavy (non-hydrogen) atoms. The first-order chi connectivity index (χ1) is 11.1. The van der Waals surface area contributed by atoms with E-state index in [9.17, 15) is 8.42 Å². The second-order valence-corrected chi connectivity index (χ2v) is 6.23. The Hall–Kier alpha value is -2.80. The van der Waals surface area contributed by atoms with Crippen LogP contribution in [-0.4, -0.2) is 13.6 Å². The van der Waals surface area contributed by atoms with E-state index in [0.717, 1.165) is 0 Å². The summed E-state index contributed by atoms with van der Waals surface area (Å²) in [5.74, 6) is 1.12. The molecule has 0 spiro atoms. The summed E-state index contributed by atoms with van der Waals surface area (Å²) in [6, 6.07) is 17.1. The van der Waals surface area contributed by atoms with Gasteiger partial charge < -0.3 is 13.4 Å². The predicted molar refractivity (Wildman–Crippen MR) is 82.7 cm³/mol. The fourth-order valence-electron chi connectivity index (χ4n) is 1.86.